The monoisotopic (exact) mass is 428 g/mol. The number of halogens is 1. The number of likely N-dealkylation sites (tertiary alicyclic amines) is 1. The number of hydrogen-bond acceptors (Lipinski definition) is 2. The fourth-order valence-electron chi connectivity index (χ4n) is 3.32. The van der Waals surface area contributed by atoms with Crippen molar-refractivity contribution in [1.82, 2.24) is 10.2 Å². The average molecular weight is 429 g/mol. The SMILES string of the molecule is CC(C)c1ccc(C(=O)NC2CCN(C(=O)c3cccc(Br)c3)CC2)cc1. The minimum Gasteiger partial charge on any atom is -0.349 e. The first-order chi connectivity index (χ1) is 12.9. The van der Waals surface area contributed by atoms with E-state index in [1.807, 2.05) is 53.4 Å². The molecule has 5 heteroatoms. The average Bonchev–Trinajstić information content (AvgIpc) is 2.68. The number of nitrogens with zero attached hydrogens (tertiary/aromatic N) is 1. The molecule has 1 heterocycles. The van der Waals surface area contributed by atoms with Crippen LogP contribution in [0.2, 0.25) is 0 Å². The van der Waals surface area contributed by atoms with Gasteiger partial charge in [0.05, 0.1) is 0 Å². The molecule has 142 valence electrons. The summed E-state index contributed by atoms with van der Waals surface area (Å²) in [5.41, 5.74) is 2.61. The lowest BCUT2D eigenvalue weighted by molar-refractivity contribution is 0.0698. The van der Waals surface area contributed by atoms with Crippen molar-refractivity contribution in [3.05, 3.63) is 69.7 Å². The van der Waals surface area contributed by atoms with Crippen molar-refractivity contribution >= 4 is 27.7 Å². The Bertz CT molecular complexity index is 809. The Morgan fingerprint density at radius 1 is 1.04 bits per heavy atom. The van der Waals surface area contributed by atoms with Gasteiger partial charge in [-0.3, -0.25) is 9.59 Å². The van der Waals surface area contributed by atoms with Crippen LogP contribution in [-0.2, 0) is 0 Å². The number of piperidine rings is 1. The number of rotatable bonds is 4. The second kappa shape index (κ2) is 8.70. The van der Waals surface area contributed by atoms with E-state index in [0.717, 1.165) is 17.3 Å². The van der Waals surface area contributed by atoms with Gasteiger partial charge in [-0.1, -0.05) is 48.0 Å². The lowest BCUT2D eigenvalue weighted by atomic mass is 10.0. The topological polar surface area (TPSA) is 49.4 Å². The van der Waals surface area contributed by atoms with Gasteiger partial charge in [0.15, 0.2) is 0 Å². The normalized spacial score (nSPS) is 15.0. The Hall–Kier alpha value is -2.14. The minimum absolute atomic E-state index is 0.0397. The van der Waals surface area contributed by atoms with Crippen molar-refractivity contribution in [3.63, 3.8) is 0 Å². The van der Waals surface area contributed by atoms with Crippen LogP contribution in [0.1, 0.15) is 58.9 Å². The molecule has 1 saturated heterocycles. The predicted octanol–water partition coefficient (Wildman–Crippen LogP) is 4.61. The van der Waals surface area contributed by atoms with Crippen LogP contribution in [0.25, 0.3) is 0 Å². The van der Waals surface area contributed by atoms with Crippen molar-refractivity contribution < 1.29 is 9.59 Å². The molecule has 0 unspecified atom stereocenters. The molecular weight excluding hydrogens is 404 g/mol. The zero-order valence-electron chi connectivity index (χ0n) is 15.7. The number of hydrogen-bond donors (Lipinski definition) is 1. The van der Waals surface area contributed by atoms with E-state index >= 15 is 0 Å². The van der Waals surface area contributed by atoms with Crippen LogP contribution in [-0.4, -0.2) is 35.8 Å². The summed E-state index contributed by atoms with van der Waals surface area (Å²) in [4.78, 5) is 26.9. The summed E-state index contributed by atoms with van der Waals surface area (Å²) >= 11 is 3.41. The zero-order chi connectivity index (χ0) is 19.4. The van der Waals surface area contributed by atoms with Crippen LogP contribution in [0.4, 0.5) is 0 Å². The number of carbonyl (C=O) groups is 2. The van der Waals surface area contributed by atoms with Gasteiger partial charge < -0.3 is 10.2 Å². The highest BCUT2D eigenvalue weighted by Crippen LogP contribution is 2.18. The Morgan fingerprint density at radius 3 is 2.30 bits per heavy atom. The van der Waals surface area contributed by atoms with Crippen LogP contribution < -0.4 is 5.32 Å². The van der Waals surface area contributed by atoms with Gasteiger partial charge in [-0.05, 0) is 54.7 Å². The van der Waals surface area contributed by atoms with E-state index in [2.05, 4.69) is 35.1 Å². The Balaban J connectivity index is 1.53. The van der Waals surface area contributed by atoms with Crippen molar-refractivity contribution in [2.24, 2.45) is 0 Å². The molecule has 0 aliphatic carbocycles. The van der Waals surface area contributed by atoms with Crippen LogP contribution in [0.3, 0.4) is 0 Å². The third-order valence-corrected chi connectivity index (χ3v) is 5.52. The molecule has 27 heavy (non-hydrogen) atoms. The van der Waals surface area contributed by atoms with E-state index in [-0.39, 0.29) is 17.9 Å². The molecule has 0 aromatic heterocycles. The summed E-state index contributed by atoms with van der Waals surface area (Å²) in [6.45, 7) is 5.59. The summed E-state index contributed by atoms with van der Waals surface area (Å²) in [6, 6.07) is 15.4. The lowest BCUT2D eigenvalue weighted by Crippen LogP contribution is -2.46. The maximum atomic E-state index is 12.6. The van der Waals surface area contributed by atoms with Gasteiger partial charge in [-0.15, -0.1) is 0 Å². The second-order valence-electron chi connectivity index (χ2n) is 7.33. The van der Waals surface area contributed by atoms with Gasteiger partial charge in [-0.2, -0.15) is 0 Å². The van der Waals surface area contributed by atoms with E-state index in [1.165, 1.54) is 5.56 Å². The quantitative estimate of drug-likeness (QED) is 0.772. The van der Waals surface area contributed by atoms with Crippen molar-refractivity contribution in [2.75, 3.05) is 13.1 Å². The number of benzene rings is 2. The molecule has 3 rings (SSSR count). The molecule has 1 N–H and O–H groups in total. The standard InChI is InChI=1S/C22H25BrN2O2/c1-15(2)16-6-8-17(9-7-16)21(26)24-20-10-12-25(13-11-20)22(27)18-4-3-5-19(23)14-18/h3-9,14-15,20H,10-13H2,1-2H3,(H,24,26). The zero-order valence-corrected chi connectivity index (χ0v) is 17.3. The van der Waals surface area contributed by atoms with Crippen molar-refractivity contribution in [2.45, 2.75) is 38.6 Å². The number of amides is 2. The van der Waals surface area contributed by atoms with E-state index in [4.69, 9.17) is 0 Å². The third-order valence-electron chi connectivity index (χ3n) is 5.03. The first-order valence-electron chi connectivity index (χ1n) is 9.39. The smallest absolute Gasteiger partial charge is 0.253 e. The van der Waals surface area contributed by atoms with Crippen LogP contribution in [0, 0.1) is 0 Å². The van der Waals surface area contributed by atoms with Gasteiger partial charge in [-0.25, -0.2) is 0 Å². The van der Waals surface area contributed by atoms with E-state index in [1.54, 1.807) is 0 Å². The van der Waals surface area contributed by atoms with Gasteiger partial charge in [0.1, 0.15) is 0 Å². The molecule has 0 saturated carbocycles. The molecule has 0 bridgehead atoms. The van der Waals surface area contributed by atoms with E-state index in [9.17, 15) is 9.59 Å². The highest BCUT2D eigenvalue weighted by atomic mass is 79.9. The van der Waals surface area contributed by atoms with Gasteiger partial charge in [0.25, 0.3) is 11.8 Å². The Kier molecular flexibility index (Phi) is 6.32. The molecular formula is C22H25BrN2O2. The summed E-state index contributed by atoms with van der Waals surface area (Å²) in [7, 11) is 0. The lowest BCUT2D eigenvalue weighted by Gasteiger charge is -2.32. The highest BCUT2D eigenvalue weighted by molar-refractivity contribution is 9.10. The summed E-state index contributed by atoms with van der Waals surface area (Å²) in [5, 5.41) is 3.11. The molecule has 0 radical (unpaired) electrons. The Morgan fingerprint density at radius 2 is 1.70 bits per heavy atom. The molecule has 1 fully saturated rings. The molecule has 1 aliphatic rings. The summed E-state index contributed by atoms with van der Waals surface area (Å²) in [6.07, 6.45) is 1.55. The molecule has 2 amide bonds. The van der Waals surface area contributed by atoms with Gasteiger partial charge in [0.2, 0.25) is 0 Å². The molecule has 0 atom stereocenters. The van der Waals surface area contributed by atoms with E-state index < -0.39 is 0 Å². The molecule has 4 nitrogen and oxygen atoms in total. The molecule has 2 aromatic carbocycles. The largest absolute Gasteiger partial charge is 0.349 e. The third kappa shape index (κ3) is 4.98. The molecule has 0 spiro atoms. The minimum atomic E-state index is -0.0397. The number of carbonyl (C=O) groups excluding carboxylic acids is 2. The van der Waals surface area contributed by atoms with Crippen LogP contribution in [0.5, 0.6) is 0 Å². The van der Waals surface area contributed by atoms with Crippen molar-refractivity contribution in [1.29, 1.82) is 0 Å². The number of nitrogens with one attached hydrogen (secondary N) is 1. The first-order valence-corrected chi connectivity index (χ1v) is 10.2. The molecule has 2 aromatic rings. The van der Waals surface area contributed by atoms with Crippen molar-refractivity contribution in [3.8, 4) is 0 Å². The fraction of sp³-hybridized carbons (Fsp3) is 0.364. The summed E-state index contributed by atoms with van der Waals surface area (Å²) < 4.78 is 0.902. The maximum absolute atomic E-state index is 12.6. The maximum Gasteiger partial charge on any atom is 0.253 e. The van der Waals surface area contributed by atoms with Gasteiger partial charge >= 0.3 is 0 Å². The first kappa shape index (κ1) is 19.6. The fourth-order valence-corrected chi connectivity index (χ4v) is 3.72. The predicted molar refractivity (Wildman–Crippen MR) is 111 cm³/mol. The highest BCUT2D eigenvalue weighted by Gasteiger charge is 2.25. The van der Waals surface area contributed by atoms with Gasteiger partial charge in [0, 0.05) is 34.7 Å². The molecule has 1 aliphatic heterocycles. The summed E-state index contributed by atoms with van der Waals surface area (Å²) in [5.74, 6) is 0.460. The van der Waals surface area contributed by atoms with Crippen LogP contribution in [0.15, 0.2) is 53.0 Å². The van der Waals surface area contributed by atoms with Crippen LogP contribution >= 0.6 is 15.9 Å². The van der Waals surface area contributed by atoms with E-state index in [0.29, 0.717) is 30.1 Å². The second-order valence-corrected chi connectivity index (χ2v) is 8.24. The Labute approximate surface area is 169 Å².